The average molecular weight is 136 g/mol. The molecule has 0 aliphatic heterocycles. The van der Waals surface area contributed by atoms with Crippen molar-refractivity contribution >= 4 is 14.1 Å². The first kappa shape index (κ1) is 7.12. The molecule has 0 aromatic heterocycles. The van der Waals surface area contributed by atoms with Crippen LogP contribution in [0.15, 0.2) is 23.8 Å². The summed E-state index contributed by atoms with van der Waals surface area (Å²) in [5.41, 5.74) is 1.65. The summed E-state index contributed by atoms with van der Waals surface area (Å²) in [5.74, 6) is 4.80. The maximum atomic E-state index is 2.40. The largest absolute Gasteiger partial charge is 0.260 e. The van der Waals surface area contributed by atoms with Crippen molar-refractivity contribution in [3.63, 3.8) is 0 Å². The van der Waals surface area contributed by atoms with Crippen molar-refractivity contribution in [1.82, 2.24) is 0 Å². The van der Waals surface area contributed by atoms with Crippen LogP contribution in [0.4, 0.5) is 0 Å². The maximum Gasteiger partial charge on any atom is 0.260 e. The Morgan fingerprint density at radius 3 is 2.78 bits per heavy atom. The fourth-order valence-corrected chi connectivity index (χ4v) is 2.52. The first-order chi connectivity index (χ1) is 4.29. The van der Waals surface area contributed by atoms with Crippen LogP contribution in [-0.4, -0.2) is 14.1 Å². The molecular formula is C8H13Al. The standard InChI is InChI=1S/C6H7.2CH3.Al/c1-6-4-2-3-5-6;;;/h2-4H,1,5H2;2*1H3;. The molecule has 1 aliphatic carbocycles. The molecule has 0 amide bonds. The average Bonchev–Trinajstić information content (AvgIpc) is 2.15. The van der Waals surface area contributed by atoms with Gasteiger partial charge in [-0.05, 0) is 6.42 Å². The summed E-state index contributed by atoms with van der Waals surface area (Å²) in [4.78, 5) is 0. The summed E-state index contributed by atoms with van der Waals surface area (Å²) in [6.45, 7) is 0. The summed E-state index contributed by atoms with van der Waals surface area (Å²) >= 11 is -0.332. The summed E-state index contributed by atoms with van der Waals surface area (Å²) in [7, 11) is 0. The van der Waals surface area contributed by atoms with Crippen molar-refractivity contribution in [3.05, 3.63) is 23.8 Å². The third-order valence-corrected chi connectivity index (χ3v) is 2.86. The molecule has 9 heavy (non-hydrogen) atoms. The number of allylic oxidation sites excluding steroid dienone is 4. The molecule has 0 spiro atoms. The van der Waals surface area contributed by atoms with Crippen LogP contribution in [0.5, 0.6) is 0 Å². The lowest BCUT2D eigenvalue weighted by Crippen LogP contribution is -1.99. The van der Waals surface area contributed by atoms with Gasteiger partial charge in [-0.1, -0.05) is 29.1 Å². The monoisotopic (exact) mass is 136 g/mol. The van der Waals surface area contributed by atoms with Crippen molar-refractivity contribution in [3.8, 4) is 0 Å². The van der Waals surface area contributed by atoms with Crippen molar-refractivity contribution in [2.24, 2.45) is 0 Å². The van der Waals surface area contributed by atoms with E-state index in [9.17, 15) is 0 Å². The van der Waals surface area contributed by atoms with Crippen molar-refractivity contribution in [2.75, 3.05) is 0 Å². The van der Waals surface area contributed by atoms with Crippen LogP contribution in [-0.2, 0) is 0 Å². The van der Waals surface area contributed by atoms with Crippen LogP contribution in [0, 0.1) is 0 Å². The second-order valence-electron chi connectivity index (χ2n) is 3.06. The van der Waals surface area contributed by atoms with E-state index in [1.54, 1.807) is 5.57 Å². The summed E-state index contributed by atoms with van der Waals surface area (Å²) < 4.78 is 0. The van der Waals surface area contributed by atoms with Crippen molar-refractivity contribution in [2.45, 2.75) is 23.3 Å². The van der Waals surface area contributed by atoms with E-state index in [1.165, 1.54) is 11.7 Å². The highest BCUT2D eigenvalue weighted by Gasteiger charge is 2.05. The van der Waals surface area contributed by atoms with Gasteiger partial charge < -0.3 is 0 Å². The minimum atomic E-state index is -0.332. The minimum absolute atomic E-state index is 0.332. The normalized spacial score (nSPS) is 16.0. The molecule has 0 fully saturated rings. The molecule has 1 aliphatic rings. The first-order valence-corrected chi connectivity index (χ1v) is 6.76. The van der Waals surface area contributed by atoms with Crippen LogP contribution in [0.2, 0.25) is 16.9 Å². The zero-order chi connectivity index (χ0) is 6.69. The van der Waals surface area contributed by atoms with E-state index in [2.05, 4.69) is 29.8 Å². The Kier molecular flexibility index (Phi) is 2.57. The molecule has 0 unspecified atom stereocenters. The van der Waals surface area contributed by atoms with E-state index >= 15 is 0 Å². The lowest BCUT2D eigenvalue weighted by Gasteiger charge is -1.98. The van der Waals surface area contributed by atoms with Gasteiger partial charge in [-0.25, -0.2) is 0 Å². The van der Waals surface area contributed by atoms with Crippen LogP contribution in [0.3, 0.4) is 0 Å². The highest BCUT2D eigenvalue weighted by Crippen LogP contribution is 2.16. The fourth-order valence-electron chi connectivity index (χ4n) is 1.17. The van der Waals surface area contributed by atoms with Crippen LogP contribution < -0.4 is 0 Å². The molecule has 1 heteroatoms. The van der Waals surface area contributed by atoms with Gasteiger partial charge in [-0.3, -0.25) is 0 Å². The molecule has 0 bridgehead atoms. The molecule has 0 saturated carbocycles. The second-order valence-corrected chi connectivity index (χ2v) is 6.25. The highest BCUT2D eigenvalue weighted by atomic mass is 27.2. The molecule has 0 N–H and O–H groups in total. The van der Waals surface area contributed by atoms with E-state index in [1.807, 2.05) is 0 Å². The molecular weight excluding hydrogens is 123 g/mol. The second kappa shape index (κ2) is 3.25. The molecule has 0 aromatic carbocycles. The van der Waals surface area contributed by atoms with Gasteiger partial charge in [-0.15, -0.1) is 11.6 Å². The Morgan fingerprint density at radius 2 is 2.33 bits per heavy atom. The van der Waals surface area contributed by atoms with E-state index in [0.29, 0.717) is 0 Å². The van der Waals surface area contributed by atoms with Crippen molar-refractivity contribution in [1.29, 1.82) is 0 Å². The predicted octanol–water partition coefficient (Wildman–Crippen LogP) is 2.63. The summed E-state index contributed by atoms with van der Waals surface area (Å²) in [6, 6.07) is 0. The highest BCUT2D eigenvalue weighted by molar-refractivity contribution is 6.56. The van der Waals surface area contributed by atoms with E-state index in [-0.39, 0.29) is 14.1 Å². The molecule has 0 aromatic rings. The van der Waals surface area contributed by atoms with E-state index in [4.69, 9.17) is 0 Å². The van der Waals surface area contributed by atoms with Gasteiger partial charge in [0.1, 0.15) is 0 Å². The molecule has 0 radical (unpaired) electrons. The van der Waals surface area contributed by atoms with E-state index in [0.717, 1.165) is 0 Å². The maximum absolute atomic E-state index is 2.40. The van der Waals surface area contributed by atoms with Gasteiger partial charge in [-0.2, -0.15) is 0 Å². The Hall–Kier alpha value is 0.0125. The minimum Gasteiger partial charge on any atom is -0.106 e. The first-order valence-electron chi connectivity index (χ1n) is 3.63. The Labute approximate surface area is 61.7 Å². The predicted molar refractivity (Wildman–Crippen MR) is 44.1 cm³/mol. The smallest absolute Gasteiger partial charge is 0.106 e. The fraction of sp³-hybridized carbons (Fsp3) is 0.500. The topological polar surface area (TPSA) is 0 Å². The van der Waals surface area contributed by atoms with Gasteiger partial charge in [0.2, 0.25) is 0 Å². The van der Waals surface area contributed by atoms with Gasteiger partial charge in [0.05, 0.1) is 0 Å². The SMILES string of the molecule is [CH3][Al]([CH3])[CH2]C1=CC=CC1. The van der Waals surface area contributed by atoms with Gasteiger partial charge >= 0.3 is 0 Å². The Balaban J connectivity index is 2.30. The molecule has 0 atom stereocenters. The zero-order valence-electron chi connectivity index (χ0n) is 6.22. The molecule has 48 valence electrons. The third-order valence-electron chi connectivity index (χ3n) is 1.52. The Bertz CT molecular complexity index is 143. The van der Waals surface area contributed by atoms with E-state index < -0.39 is 0 Å². The molecule has 0 nitrogen and oxygen atoms in total. The number of rotatable bonds is 2. The van der Waals surface area contributed by atoms with Crippen LogP contribution in [0.25, 0.3) is 0 Å². The van der Waals surface area contributed by atoms with Gasteiger partial charge in [0, 0.05) is 0 Å². The van der Waals surface area contributed by atoms with Gasteiger partial charge in [0.25, 0.3) is 14.1 Å². The lowest BCUT2D eigenvalue weighted by molar-refractivity contribution is 1.23. The summed E-state index contributed by atoms with van der Waals surface area (Å²) in [5, 5.41) is 1.41. The van der Waals surface area contributed by atoms with Gasteiger partial charge in [0.15, 0.2) is 0 Å². The summed E-state index contributed by atoms with van der Waals surface area (Å²) in [6.07, 6.45) is 7.91. The van der Waals surface area contributed by atoms with Crippen LogP contribution in [0.1, 0.15) is 6.42 Å². The number of hydrogen-bond acceptors (Lipinski definition) is 0. The quantitative estimate of drug-likeness (QED) is 0.512. The van der Waals surface area contributed by atoms with Crippen LogP contribution >= 0.6 is 0 Å². The molecule has 0 heterocycles. The number of hydrogen-bond donors (Lipinski definition) is 0. The van der Waals surface area contributed by atoms with Crippen molar-refractivity contribution < 1.29 is 0 Å². The molecule has 0 saturated heterocycles. The third kappa shape index (κ3) is 2.39. The lowest BCUT2D eigenvalue weighted by atomic mass is 10.3. The Morgan fingerprint density at radius 1 is 1.56 bits per heavy atom. The zero-order valence-corrected chi connectivity index (χ0v) is 7.38. The molecule has 1 rings (SSSR count).